The van der Waals surface area contributed by atoms with Crippen molar-refractivity contribution in [3.05, 3.63) is 188 Å². The van der Waals surface area contributed by atoms with E-state index in [9.17, 15) is 0 Å². The topological polar surface area (TPSA) is 25.4 Å². The van der Waals surface area contributed by atoms with Gasteiger partial charge in [-0.2, -0.15) is 0 Å². The smallest absolute Gasteiger partial charge is 0.524 e. The number of pyridine rings is 1. The Morgan fingerprint density at radius 3 is 1.53 bits per heavy atom. The highest BCUT2D eigenvalue weighted by Gasteiger charge is 2.44. The fourth-order valence-corrected chi connectivity index (χ4v) is 7.58. The summed E-state index contributed by atoms with van der Waals surface area (Å²) >= 11 is 0. The molecule has 4 heteroatoms. The van der Waals surface area contributed by atoms with E-state index in [1.165, 1.54) is 22.3 Å². The maximum atomic E-state index is 6.74. The van der Waals surface area contributed by atoms with E-state index in [1.54, 1.807) is 0 Å². The molecule has 8 aromatic rings. The van der Waals surface area contributed by atoms with Crippen LogP contribution in [0.25, 0.3) is 67.0 Å². The number of fused-ring (bicyclic) bond motifs is 8. The summed E-state index contributed by atoms with van der Waals surface area (Å²) in [5.41, 5.74) is 16.9. The van der Waals surface area contributed by atoms with Crippen molar-refractivity contribution in [2.75, 3.05) is 4.81 Å². The van der Waals surface area contributed by atoms with Gasteiger partial charge in [-0.25, -0.2) is 4.98 Å². The zero-order chi connectivity index (χ0) is 33.7. The lowest BCUT2D eigenvalue weighted by molar-refractivity contribution is 0.603. The molecule has 3 heterocycles. The zero-order valence-electron chi connectivity index (χ0n) is 27.8. The van der Waals surface area contributed by atoms with Crippen molar-refractivity contribution in [2.45, 2.75) is 0 Å². The van der Waals surface area contributed by atoms with Crippen molar-refractivity contribution < 1.29 is 4.65 Å². The van der Waals surface area contributed by atoms with Crippen LogP contribution >= 0.6 is 0 Å². The minimum Gasteiger partial charge on any atom is -0.536 e. The van der Waals surface area contributed by atoms with Crippen LogP contribution in [-0.2, 0) is 0 Å². The molecule has 7 aromatic carbocycles. The summed E-state index contributed by atoms with van der Waals surface area (Å²) in [6.07, 6.45) is 0. The largest absolute Gasteiger partial charge is 0.536 e. The van der Waals surface area contributed by atoms with Gasteiger partial charge in [0.2, 0.25) is 0 Å². The maximum Gasteiger partial charge on any atom is 0.524 e. The molecule has 0 saturated carbocycles. The third kappa shape index (κ3) is 5.12. The predicted octanol–water partition coefficient (Wildman–Crippen LogP) is 11.3. The van der Waals surface area contributed by atoms with E-state index in [2.05, 4.69) is 181 Å². The van der Waals surface area contributed by atoms with Crippen molar-refractivity contribution in [1.29, 1.82) is 0 Å². The van der Waals surface area contributed by atoms with Gasteiger partial charge in [0, 0.05) is 22.4 Å². The molecule has 0 bridgehead atoms. The fourth-order valence-electron chi connectivity index (χ4n) is 7.58. The lowest BCUT2D eigenvalue weighted by Gasteiger charge is -2.31. The Bertz CT molecular complexity index is 2530. The minimum absolute atomic E-state index is 0.187. The van der Waals surface area contributed by atoms with Crippen LogP contribution < -0.4 is 14.9 Å². The van der Waals surface area contributed by atoms with E-state index < -0.39 is 0 Å². The molecule has 0 saturated heterocycles. The lowest BCUT2D eigenvalue weighted by atomic mass is 9.65. The Balaban J connectivity index is 1.01. The SMILES string of the molecule is c1ccc(-c2cc(-c3cccc(-c4cccc(-c5ccc6c(c5)OB5c7ccccc7-c7ccccc7N56)c4)c3)cc(-c3ccccc3)n2)cc1. The van der Waals surface area contributed by atoms with Gasteiger partial charge in [-0.1, -0.05) is 146 Å². The second-order valence-corrected chi connectivity index (χ2v) is 13.1. The zero-order valence-corrected chi connectivity index (χ0v) is 27.8. The van der Waals surface area contributed by atoms with Crippen LogP contribution in [-0.4, -0.2) is 12.0 Å². The highest BCUT2D eigenvalue weighted by Crippen LogP contribution is 2.48. The van der Waals surface area contributed by atoms with Crippen molar-refractivity contribution in [3.63, 3.8) is 0 Å². The second kappa shape index (κ2) is 12.0. The average Bonchev–Trinajstić information content (AvgIpc) is 3.61. The Hall–Kier alpha value is -6.65. The summed E-state index contributed by atoms with van der Waals surface area (Å²) in [5.74, 6) is 0.900. The molecule has 2 aliphatic heterocycles. The van der Waals surface area contributed by atoms with Crippen LogP contribution in [0.3, 0.4) is 0 Å². The summed E-state index contributed by atoms with van der Waals surface area (Å²) in [5, 5.41) is 0. The highest BCUT2D eigenvalue weighted by atomic mass is 16.5. The van der Waals surface area contributed by atoms with E-state index in [4.69, 9.17) is 9.64 Å². The predicted molar refractivity (Wildman–Crippen MR) is 211 cm³/mol. The Labute approximate surface area is 298 Å². The molecule has 238 valence electrons. The molecule has 0 fully saturated rings. The first-order valence-electron chi connectivity index (χ1n) is 17.4. The van der Waals surface area contributed by atoms with Gasteiger partial charge in [0.15, 0.2) is 0 Å². The molecule has 3 nitrogen and oxygen atoms in total. The molecule has 0 aliphatic carbocycles. The summed E-state index contributed by atoms with van der Waals surface area (Å²) in [6.45, 7) is 0. The van der Waals surface area contributed by atoms with Crippen molar-refractivity contribution in [3.8, 4) is 72.8 Å². The van der Waals surface area contributed by atoms with Gasteiger partial charge in [0.05, 0.1) is 17.1 Å². The van der Waals surface area contributed by atoms with E-state index >= 15 is 0 Å². The molecule has 0 unspecified atom stereocenters. The molecule has 0 radical (unpaired) electrons. The summed E-state index contributed by atoms with van der Waals surface area (Å²) in [4.78, 5) is 7.42. The first kappa shape index (κ1) is 29.3. The van der Waals surface area contributed by atoms with Crippen molar-refractivity contribution >= 4 is 23.9 Å². The second-order valence-electron chi connectivity index (χ2n) is 13.1. The fraction of sp³-hybridized carbons (Fsp3) is 0. The monoisotopic (exact) mass is 650 g/mol. The Morgan fingerprint density at radius 1 is 0.373 bits per heavy atom. The summed E-state index contributed by atoms with van der Waals surface area (Å²) < 4.78 is 6.74. The first-order chi connectivity index (χ1) is 25.3. The van der Waals surface area contributed by atoms with Gasteiger partial charge in [-0.3, -0.25) is 0 Å². The van der Waals surface area contributed by atoms with E-state index in [-0.39, 0.29) is 7.05 Å². The number of anilines is 2. The molecule has 0 atom stereocenters. The number of hydrogen-bond acceptors (Lipinski definition) is 3. The molecule has 0 amide bonds. The van der Waals surface area contributed by atoms with Gasteiger partial charge in [0.1, 0.15) is 5.75 Å². The van der Waals surface area contributed by atoms with Crippen LogP contribution in [0.2, 0.25) is 0 Å². The van der Waals surface area contributed by atoms with Gasteiger partial charge in [-0.15, -0.1) is 0 Å². The van der Waals surface area contributed by atoms with E-state index in [1.807, 2.05) is 12.1 Å². The van der Waals surface area contributed by atoms with Gasteiger partial charge < -0.3 is 9.47 Å². The van der Waals surface area contributed by atoms with E-state index in [0.717, 1.165) is 67.3 Å². The Kier molecular flexibility index (Phi) is 6.92. The number of hydrogen-bond donors (Lipinski definition) is 0. The normalized spacial score (nSPS) is 12.4. The number of aromatic nitrogens is 1. The standard InChI is InChI=1S/C47H31BN2O/c1-3-13-32(14-4-1)43-29-39(30-44(49-43)33-15-5-2-6-16-33)37-20-12-18-35(28-37)34-17-11-19-36(27-34)38-25-26-46-47(31-38)51-48-42-23-9-7-21-40(42)41-22-8-10-24-45(41)50(46)48/h1-31H. The first-order valence-corrected chi connectivity index (χ1v) is 17.4. The molecule has 10 rings (SSSR count). The molecule has 1 aromatic heterocycles. The minimum atomic E-state index is -0.187. The number of para-hydroxylation sites is 1. The van der Waals surface area contributed by atoms with E-state index in [0.29, 0.717) is 0 Å². The van der Waals surface area contributed by atoms with Crippen LogP contribution in [0.15, 0.2) is 188 Å². The van der Waals surface area contributed by atoms with Crippen LogP contribution in [0, 0.1) is 0 Å². The number of rotatable bonds is 5. The molecule has 51 heavy (non-hydrogen) atoms. The lowest BCUT2D eigenvalue weighted by Crippen LogP contribution is -2.50. The average molecular weight is 651 g/mol. The van der Waals surface area contributed by atoms with Crippen LogP contribution in [0.4, 0.5) is 11.4 Å². The van der Waals surface area contributed by atoms with Gasteiger partial charge in [-0.05, 0) is 86.9 Å². The molecular weight excluding hydrogens is 619 g/mol. The highest BCUT2D eigenvalue weighted by molar-refractivity contribution is 6.77. The molecule has 0 spiro atoms. The third-order valence-corrected chi connectivity index (χ3v) is 10.1. The quantitative estimate of drug-likeness (QED) is 0.173. The number of benzene rings is 7. The molecule has 2 aliphatic rings. The summed E-state index contributed by atoms with van der Waals surface area (Å²) in [6, 6.07) is 66.7. The number of nitrogens with zero attached hydrogens (tertiary/aromatic N) is 2. The van der Waals surface area contributed by atoms with Gasteiger partial charge >= 0.3 is 7.05 Å². The molecular formula is C47H31BN2O. The van der Waals surface area contributed by atoms with Crippen LogP contribution in [0.1, 0.15) is 0 Å². The van der Waals surface area contributed by atoms with Crippen molar-refractivity contribution in [1.82, 2.24) is 4.98 Å². The van der Waals surface area contributed by atoms with Crippen LogP contribution in [0.5, 0.6) is 5.75 Å². The van der Waals surface area contributed by atoms with Crippen molar-refractivity contribution in [2.24, 2.45) is 0 Å². The Morgan fingerprint density at radius 2 is 0.882 bits per heavy atom. The summed E-state index contributed by atoms with van der Waals surface area (Å²) in [7, 11) is -0.187. The third-order valence-electron chi connectivity index (χ3n) is 10.1. The molecule has 0 N–H and O–H groups in total. The maximum absolute atomic E-state index is 6.74. The van der Waals surface area contributed by atoms with Gasteiger partial charge in [0.25, 0.3) is 0 Å².